The number of carbonyl (C=O) groups excluding carboxylic acids is 1. The minimum atomic E-state index is -0.492. The number of anilines is 1. The molecule has 18 heavy (non-hydrogen) atoms. The van der Waals surface area contributed by atoms with Crippen LogP contribution >= 0.6 is 0 Å². The summed E-state index contributed by atoms with van der Waals surface area (Å²) in [5.41, 5.74) is 2.01. The van der Waals surface area contributed by atoms with Gasteiger partial charge in [-0.1, -0.05) is 12.1 Å². The van der Waals surface area contributed by atoms with Crippen LogP contribution in [0, 0.1) is 11.3 Å². The first kappa shape index (κ1) is 13.8. The summed E-state index contributed by atoms with van der Waals surface area (Å²) < 4.78 is 5.07. The Morgan fingerprint density at radius 1 is 1.28 bits per heavy atom. The average Bonchev–Trinajstić information content (AvgIpc) is 2.36. The Morgan fingerprint density at radius 3 is 2.39 bits per heavy atom. The topological polar surface area (TPSA) is 56.6 Å². The Bertz CT molecular complexity index is 435. The molecule has 0 aromatic heterocycles. The second kappa shape index (κ2) is 6.50. The zero-order valence-electron chi connectivity index (χ0n) is 10.9. The fourth-order valence-electron chi connectivity index (χ4n) is 1.32. The van der Waals surface area contributed by atoms with Gasteiger partial charge in [-0.25, -0.2) is 4.79 Å². The molecule has 5 heteroatoms. The molecule has 5 nitrogen and oxygen atoms in total. The van der Waals surface area contributed by atoms with Crippen molar-refractivity contribution in [1.82, 2.24) is 4.90 Å². The lowest BCUT2D eigenvalue weighted by Gasteiger charge is -2.14. The van der Waals surface area contributed by atoms with Crippen LogP contribution in [-0.4, -0.2) is 38.7 Å². The molecule has 0 unspecified atom stereocenters. The van der Waals surface area contributed by atoms with E-state index in [1.54, 1.807) is 0 Å². The third kappa shape index (κ3) is 3.98. The molecule has 1 aromatic rings. The van der Waals surface area contributed by atoms with Gasteiger partial charge in [-0.15, -0.1) is 0 Å². The van der Waals surface area contributed by atoms with Gasteiger partial charge in [0.2, 0.25) is 0 Å². The van der Waals surface area contributed by atoms with Crippen molar-refractivity contribution in [3.63, 3.8) is 0 Å². The van der Waals surface area contributed by atoms with E-state index >= 15 is 0 Å². The minimum Gasteiger partial charge on any atom is -0.445 e. The van der Waals surface area contributed by atoms with Crippen LogP contribution < -0.4 is 4.90 Å². The van der Waals surface area contributed by atoms with Crippen molar-refractivity contribution in [2.24, 2.45) is 0 Å². The Labute approximate surface area is 107 Å². The molecule has 0 aliphatic carbocycles. The van der Waals surface area contributed by atoms with E-state index in [9.17, 15) is 4.79 Å². The normalized spacial score (nSPS) is 9.44. The smallest absolute Gasteiger partial charge is 0.410 e. The molecule has 0 aliphatic rings. The van der Waals surface area contributed by atoms with Gasteiger partial charge < -0.3 is 9.64 Å². The van der Waals surface area contributed by atoms with Crippen molar-refractivity contribution < 1.29 is 9.53 Å². The summed E-state index contributed by atoms with van der Waals surface area (Å²) in [6, 6.07) is 9.63. The van der Waals surface area contributed by atoms with Crippen LogP contribution in [0.25, 0.3) is 0 Å². The first-order valence-electron chi connectivity index (χ1n) is 5.55. The number of ether oxygens (including phenoxy) is 1. The number of amides is 1. The summed E-state index contributed by atoms with van der Waals surface area (Å²) in [4.78, 5) is 14.7. The highest BCUT2D eigenvalue weighted by Gasteiger charge is 2.09. The zero-order chi connectivity index (χ0) is 13.5. The van der Waals surface area contributed by atoms with E-state index in [1.807, 2.05) is 49.3 Å². The molecule has 0 atom stereocenters. The summed E-state index contributed by atoms with van der Waals surface area (Å²) in [5, 5.41) is 8.45. The molecule has 96 valence electrons. The van der Waals surface area contributed by atoms with Gasteiger partial charge in [0, 0.05) is 26.8 Å². The van der Waals surface area contributed by atoms with Crippen molar-refractivity contribution in [2.45, 2.75) is 6.61 Å². The fourth-order valence-corrected chi connectivity index (χ4v) is 1.32. The van der Waals surface area contributed by atoms with Gasteiger partial charge >= 0.3 is 6.09 Å². The Hall–Kier alpha value is -2.22. The predicted molar refractivity (Wildman–Crippen MR) is 69.2 cm³/mol. The van der Waals surface area contributed by atoms with Crippen LogP contribution in [0.2, 0.25) is 0 Å². The number of nitrogens with zero attached hydrogens (tertiary/aromatic N) is 3. The lowest BCUT2D eigenvalue weighted by molar-refractivity contribution is 0.108. The number of hydrogen-bond donors (Lipinski definition) is 0. The number of hydrogen-bond acceptors (Lipinski definition) is 4. The van der Waals surface area contributed by atoms with Crippen molar-refractivity contribution >= 4 is 11.8 Å². The van der Waals surface area contributed by atoms with Gasteiger partial charge in [-0.2, -0.15) is 5.26 Å². The van der Waals surface area contributed by atoms with Gasteiger partial charge in [-0.3, -0.25) is 4.90 Å². The SMILES string of the molecule is CN(CC#N)C(=O)OCc1ccc(N(C)C)cc1. The number of rotatable bonds is 4. The molecule has 0 N–H and O–H groups in total. The average molecular weight is 247 g/mol. The van der Waals surface area contributed by atoms with Crippen molar-refractivity contribution in [3.8, 4) is 6.07 Å². The molecule has 1 rings (SSSR count). The highest BCUT2D eigenvalue weighted by atomic mass is 16.6. The molecule has 0 radical (unpaired) electrons. The van der Waals surface area contributed by atoms with Gasteiger partial charge in [0.15, 0.2) is 0 Å². The Balaban J connectivity index is 2.49. The van der Waals surface area contributed by atoms with E-state index < -0.39 is 6.09 Å². The highest BCUT2D eigenvalue weighted by Crippen LogP contribution is 2.13. The van der Waals surface area contributed by atoms with E-state index in [2.05, 4.69) is 0 Å². The standard InChI is InChI=1S/C13H17N3O2/c1-15(2)12-6-4-11(5-7-12)10-18-13(17)16(3)9-8-14/h4-7H,9-10H2,1-3H3. The van der Waals surface area contributed by atoms with E-state index in [1.165, 1.54) is 11.9 Å². The largest absolute Gasteiger partial charge is 0.445 e. The molecule has 0 heterocycles. The second-order valence-corrected chi connectivity index (χ2v) is 4.13. The molecule has 1 amide bonds. The monoisotopic (exact) mass is 247 g/mol. The molecular weight excluding hydrogens is 230 g/mol. The molecule has 0 fully saturated rings. The molecule has 0 saturated carbocycles. The highest BCUT2D eigenvalue weighted by molar-refractivity contribution is 5.67. The van der Waals surface area contributed by atoms with E-state index in [0.717, 1.165) is 11.3 Å². The maximum Gasteiger partial charge on any atom is 0.410 e. The summed E-state index contributed by atoms with van der Waals surface area (Å²) >= 11 is 0. The second-order valence-electron chi connectivity index (χ2n) is 4.13. The zero-order valence-corrected chi connectivity index (χ0v) is 10.9. The molecule has 0 saturated heterocycles. The Kier molecular flexibility index (Phi) is 5.00. The maximum absolute atomic E-state index is 11.4. The van der Waals surface area contributed by atoms with Crippen LogP contribution in [-0.2, 0) is 11.3 Å². The van der Waals surface area contributed by atoms with Crippen LogP contribution in [0.3, 0.4) is 0 Å². The third-order valence-electron chi connectivity index (χ3n) is 2.43. The van der Waals surface area contributed by atoms with Crippen molar-refractivity contribution in [1.29, 1.82) is 5.26 Å². The number of carbonyl (C=O) groups is 1. The predicted octanol–water partition coefficient (Wildman–Crippen LogP) is 1.84. The van der Waals surface area contributed by atoms with Crippen LogP contribution in [0.5, 0.6) is 0 Å². The Morgan fingerprint density at radius 2 is 1.89 bits per heavy atom. The molecule has 0 bridgehead atoms. The molecule has 0 aliphatic heterocycles. The summed E-state index contributed by atoms with van der Waals surface area (Å²) in [5.74, 6) is 0. The fraction of sp³-hybridized carbons (Fsp3) is 0.385. The van der Waals surface area contributed by atoms with E-state index in [0.29, 0.717) is 0 Å². The quantitative estimate of drug-likeness (QED) is 0.762. The van der Waals surface area contributed by atoms with Gasteiger partial charge in [0.25, 0.3) is 0 Å². The van der Waals surface area contributed by atoms with Crippen LogP contribution in [0.1, 0.15) is 5.56 Å². The molecule has 0 spiro atoms. The first-order valence-corrected chi connectivity index (χ1v) is 5.55. The lowest BCUT2D eigenvalue weighted by Crippen LogP contribution is -2.27. The van der Waals surface area contributed by atoms with Gasteiger partial charge in [0.1, 0.15) is 13.2 Å². The summed E-state index contributed by atoms with van der Waals surface area (Å²) in [7, 11) is 5.46. The lowest BCUT2D eigenvalue weighted by atomic mass is 10.2. The van der Waals surface area contributed by atoms with Crippen molar-refractivity contribution in [2.75, 3.05) is 32.6 Å². The van der Waals surface area contributed by atoms with E-state index in [-0.39, 0.29) is 13.2 Å². The number of benzene rings is 1. The van der Waals surface area contributed by atoms with Gasteiger partial charge in [-0.05, 0) is 17.7 Å². The number of nitriles is 1. The van der Waals surface area contributed by atoms with E-state index in [4.69, 9.17) is 10.00 Å². The first-order chi connectivity index (χ1) is 8.54. The van der Waals surface area contributed by atoms with Gasteiger partial charge in [0.05, 0.1) is 6.07 Å². The molecule has 1 aromatic carbocycles. The minimum absolute atomic E-state index is 0.0262. The summed E-state index contributed by atoms with van der Waals surface area (Å²) in [6.45, 7) is 0.237. The summed E-state index contributed by atoms with van der Waals surface area (Å²) in [6.07, 6.45) is -0.492. The third-order valence-corrected chi connectivity index (χ3v) is 2.43. The van der Waals surface area contributed by atoms with Crippen LogP contribution in [0.4, 0.5) is 10.5 Å². The maximum atomic E-state index is 11.4. The van der Waals surface area contributed by atoms with Crippen molar-refractivity contribution in [3.05, 3.63) is 29.8 Å². The van der Waals surface area contributed by atoms with Crippen LogP contribution in [0.15, 0.2) is 24.3 Å². The molecular formula is C13H17N3O2.